The van der Waals surface area contributed by atoms with Crippen LogP contribution in [0.25, 0.3) is 0 Å². The molecule has 20 heavy (non-hydrogen) atoms. The number of hydrogen-bond donors (Lipinski definition) is 3. The van der Waals surface area contributed by atoms with Crippen LogP contribution in [-0.4, -0.2) is 32.2 Å². The maximum Gasteiger partial charge on any atom is 0.314 e. The van der Waals surface area contributed by atoms with Crippen LogP contribution in [0.15, 0.2) is 30.3 Å². The standard InChI is InChI=1S/C15H23N3O.ClH/c19-15(18-12-14-7-4-9-16-11-14)17-10-8-13-5-2-1-3-6-13;/h1-3,5-6,14,16H,4,7-12H2,(H2,17,18,19);1H/t14-;/m0./s1. The summed E-state index contributed by atoms with van der Waals surface area (Å²) in [7, 11) is 0. The molecule has 1 saturated heterocycles. The number of halogens is 1. The Labute approximate surface area is 127 Å². The second kappa shape index (κ2) is 9.61. The van der Waals surface area contributed by atoms with Crippen molar-refractivity contribution in [2.24, 2.45) is 5.92 Å². The van der Waals surface area contributed by atoms with E-state index in [1.54, 1.807) is 0 Å². The van der Waals surface area contributed by atoms with Crippen molar-refractivity contribution in [3.8, 4) is 0 Å². The third-order valence-electron chi connectivity index (χ3n) is 3.49. The zero-order valence-electron chi connectivity index (χ0n) is 11.7. The SMILES string of the molecule is Cl.O=C(NCCc1ccccc1)NC[C@H]1CCCNC1. The van der Waals surface area contributed by atoms with Gasteiger partial charge < -0.3 is 16.0 Å². The van der Waals surface area contributed by atoms with Gasteiger partial charge in [0, 0.05) is 13.1 Å². The van der Waals surface area contributed by atoms with Crippen LogP contribution in [-0.2, 0) is 6.42 Å². The van der Waals surface area contributed by atoms with E-state index in [0.29, 0.717) is 12.5 Å². The second-order valence-corrected chi connectivity index (χ2v) is 5.08. The highest BCUT2D eigenvalue weighted by atomic mass is 35.5. The predicted octanol–water partition coefficient (Wildman–Crippen LogP) is 1.95. The van der Waals surface area contributed by atoms with E-state index in [1.807, 2.05) is 18.2 Å². The number of carbonyl (C=O) groups is 1. The third-order valence-corrected chi connectivity index (χ3v) is 3.49. The molecule has 112 valence electrons. The summed E-state index contributed by atoms with van der Waals surface area (Å²) in [6, 6.07) is 10.1. The molecule has 2 amide bonds. The first-order valence-electron chi connectivity index (χ1n) is 7.11. The van der Waals surface area contributed by atoms with Crippen LogP contribution < -0.4 is 16.0 Å². The Morgan fingerprint density at radius 3 is 2.75 bits per heavy atom. The largest absolute Gasteiger partial charge is 0.338 e. The number of amides is 2. The summed E-state index contributed by atoms with van der Waals surface area (Å²) in [5.41, 5.74) is 1.25. The second-order valence-electron chi connectivity index (χ2n) is 5.08. The van der Waals surface area contributed by atoms with Crippen molar-refractivity contribution in [1.29, 1.82) is 0 Å². The maximum atomic E-state index is 11.6. The van der Waals surface area contributed by atoms with Crippen molar-refractivity contribution < 1.29 is 4.79 Å². The molecular formula is C15H24ClN3O. The number of nitrogens with one attached hydrogen (secondary N) is 3. The smallest absolute Gasteiger partial charge is 0.314 e. The first kappa shape index (κ1) is 16.8. The van der Waals surface area contributed by atoms with Gasteiger partial charge >= 0.3 is 6.03 Å². The molecule has 0 bridgehead atoms. The lowest BCUT2D eigenvalue weighted by atomic mass is 10.00. The summed E-state index contributed by atoms with van der Waals surface area (Å²) in [5, 5.41) is 9.20. The summed E-state index contributed by atoms with van der Waals surface area (Å²) in [4.78, 5) is 11.6. The molecule has 0 saturated carbocycles. The van der Waals surface area contributed by atoms with Gasteiger partial charge in [0.1, 0.15) is 0 Å². The number of rotatable bonds is 5. The molecule has 0 radical (unpaired) electrons. The molecular weight excluding hydrogens is 274 g/mol. The Balaban J connectivity index is 0.00000200. The molecule has 0 aromatic heterocycles. The number of hydrogen-bond acceptors (Lipinski definition) is 2. The van der Waals surface area contributed by atoms with Gasteiger partial charge in [-0.2, -0.15) is 0 Å². The molecule has 2 rings (SSSR count). The van der Waals surface area contributed by atoms with Gasteiger partial charge in [-0.15, -0.1) is 12.4 Å². The molecule has 1 atom stereocenters. The van der Waals surface area contributed by atoms with Crippen molar-refractivity contribution in [3.05, 3.63) is 35.9 Å². The van der Waals surface area contributed by atoms with Gasteiger partial charge in [0.2, 0.25) is 0 Å². The van der Waals surface area contributed by atoms with E-state index in [2.05, 4.69) is 28.1 Å². The molecule has 3 N–H and O–H groups in total. The summed E-state index contributed by atoms with van der Waals surface area (Å²) >= 11 is 0. The Morgan fingerprint density at radius 2 is 2.05 bits per heavy atom. The molecule has 1 aromatic carbocycles. The minimum Gasteiger partial charge on any atom is -0.338 e. The first-order chi connectivity index (χ1) is 9.34. The molecule has 0 unspecified atom stereocenters. The van der Waals surface area contributed by atoms with Gasteiger partial charge in [0.05, 0.1) is 0 Å². The summed E-state index contributed by atoms with van der Waals surface area (Å²) in [6.07, 6.45) is 3.29. The fourth-order valence-electron chi connectivity index (χ4n) is 2.36. The highest BCUT2D eigenvalue weighted by molar-refractivity contribution is 5.85. The van der Waals surface area contributed by atoms with Crippen LogP contribution in [0.3, 0.4) is 0 Å². The van der Waals surface area contributed by atoms with Gasteiger partial charge in [-0.05, 0) is 43.8 Å². The number of urea groups is 1. The monoisotopic (exact) mass is 297 g/mol. The van der Waals surface area contributed by atoms with E-state index >= 15 is 0 Å². The van der Waals surface area contributed by atoms with E-state index in [4.69, 9.17) is 0 Å². The minimum absolute atomic E-state index is 0. The maximum absolute atomic E-state index is 11.6. The summed E-state index contributed by atoms with van der Waals surface area (Å²) in [6.45, 7) is 3.58. The van der Waals surface area contributed by atoms with Gasteiger partial charge in [-0.25, -0.2) is 4.79 Å². The van der Waals surface area contributed by atoms with Gasteiger partial charge in [-0.3, -0.25) is 0 Å². The van der Waals surface area contributed by atoms with Crippen molar-refractivity contribution in [2.75, 3.05) is 26.2 Å². The Kier molecular flexibility index (Phi) is 8.07. The first-order valence-corrected chi connectivity index (χ1v) is 7.11. The molecule has 5 heteroatoms. The highest BCUT2D eigenvalue weighted by Gasteiger charge is 2.13. The number of carbonyl (C=O) groups excluding carboxylic acids is 1. The molecule has 1 fully saturated rings. The molecule has 1 aliphatic heterocycles. The zero-order valence-corrected chi connectivity index (χ0v) is 12.5. The molecule has 1 aromatic rings. The van der Waals surface area contributed by atoms with E-state index in [-0.39, 0.29) is 18.4 Å². The summed E-state index contributed by atoms with van der Waals surface area (Å²) in [5.74, 6) is 0.577. The van der Waals surface area contributed by atoms with Crippen molar-refractivity contribution >= 4 is 18.4 Å². The van der Waals surface area contributed by atoms with E-state index in [9.17, 15) is 4.79 Å². The quantitative estimate of drug-likeness (QED) is 0.778. The normalized spacial score (nSPS) is 17.9. The molecule has 1 heterocycles. The Bertz CT molecular complexity index is 380. The molecule has 0 spiro atoms. The lowest BCUT2D eigenvalue weighted by Crippen LogP contribution is -2.42. The van der Waals surface area contributed by atoms with Gasteiger partial charge in [0.15, 0.2) is 0 Å². The van der Waals surface area contributed by atoms with Crippen LogP contribution >= 0.6 is 12.4 Å². The molecule has 0 aliphatic carbocycles. The highest BCUT2D eigenvalue weighted by Crippen LogP contribution is 2.07. The fraction of sp³-hybridized carbons (Fsp3) is 0.533. The van der Waals surface area contributed by atoms with Crippen LogP contribution in [0, 0.1) is 5.92 Å². The topological polar surface area (TPSA) is 53.2 Å². The van der Waals surface area contributed by atoms with Crippen molar-refractivity contribution in [3.63, 3.8) is 0 Å². The summed E-state index contributed by atoms with van der Waals surface area (Å²) < 4.78 is 0. The minimum atomic E-state index is -0.0542. The fourth-order valence-corrected chi connectivity index (χ4v) is 2.36. The molecule has 1 aliphatic rings. The lowest BCUT2D eigenvalue weighted by Gasteiger charge is -2.22. The molecule has 4 nitrogen and oxygen atoms in total. The van der Waals surface area contributed by atoms with Crippen LogP contribution in [0.5, 0.6) is 0 Å². The lowest BCUT2D eigenvalue weighted by molar-refractivity contribution is 0.237. The van der Waals surface area contributed by atoms with Crippen LogP contribution in [0.1, 0.15) is 18.4 Å². The van der Waals surface area contributed by atoms with Gasteiger partial charge in [0.25, 0.3) is 0 Å². The third kappa shape index (κ3) is 6.26. The average Bonchev–Trinajstić information content (AvgIpc) is 2.47. The van der Waals surface area contributed by atoms with Crippen molar-refractivity contribution in [2.45, 2.75) is 19.3 Å². The van der Waals surface area contributed by atoms with Crippen LogP contribution in [0.4, 0.5) is 4.79 Å². The number of benzene rings is 1. The van der Waals surface area contributed by atoms with E-state index in [1.165, 1.54) is 18.4 Å². The van der Waals surface area contributed by atoms with Gasteiger partial charge in [-0.1, -0.05) is 30.3 Å². The average molecular weight is 298 g/mol. The predicted molar refractivity (Wildman–Crippen MR) is 84.4 cm³/mol. The van der Waals surface area contributed by atoms with E-state index < -0.39 is 0 Å². The Morgan fingerprint density at radius 1 is 1.25 bits per heavy atom. The Hall–Kier alpha value is -1.26. The van der Waals surface area contributed by atoms with Crippen LogP contribution in [0.2, 0.25) is 0 Å². The zero-order chi connectivity index (χ0) is 13.3. The van der Waals surface area contributed by atoms with Crippen molar-refractivity contribution in [1.82, 2.24) is 16.0 Å². The number of piperidine rings is 1. The van der Waals surface area contributed by atoms with E-state index in [0.717, 1.165) is 26.1 Å².